The number of hydrogen-bond acceptors (Lipinski definition) is 3. The Labute approximate surface area is 109 Å². The molecule has 0 aliphatic carbocycles. The highest BCUT2D eigenvalue weighted by molar-refractivity contribution is 5.48. The van der Waals surface area contributed by atoms with Crippen LogP contribution in [0.2, 0.25) is 0 Å². The normalized spacial score (nSPS) is 19.6. The lowest BCUT2D eigenvalue weighted by molar-refractivity contribution is 0.386. The topological polar surface area (TPSA) is 30.5 Å². The zero-order valence-corrected chi connectivity index (χ0v) is 11.6. The van der Waals surface area contributed by atoms with Crippen molar-refractivity contribution in [1.82, 2.24) is 5.32 Å². The van der Waals surface area contributed by atoms with Gasteiger partial charge in [0.2, 0.25) is 0 Å². The summed E-state index contributed by atoms with van der Waals surface area (Å²) in [6.07, 6.45) is 3.49. The van der Waals surface area contributed by atoms with E-state index in [9.17, 15) is 0 Å². The molecule has 0 radical (unpaired) electrons. The fraction of sp³-hybridized carbons (Fsp3) is 0.600. The highest BCUT2D eigenvalue weighted by Gasteiger charge is 2.21. The molecule has 1 unspecified atom stereocenters. The molecule has 0 saturated carbocycles. The molecule has 2 rings (SSSR count). The molecule has 0 amide bonds. The van der Waals surface area contributed by atoms with Crippen molar-refractivity contribution in [1.29, 1.82) is 0 Å². The minimum absolute atomic E-state index is 0.581. The van der Waals surface area contributed by atoms with E-state index in [1.54, 1.807) is 14.2 Å². The molecule has 1 aliphatic rings. The standard InChI is InChI=1S/C15H23NO2/c1-4-13-14(11-6-5-7-16-10-11)8-12(17-2)9-15(13)18-3/h8-9,11,16H,4-7,10H2,1-3H3. The second-order valence-electron chi connectivity index (χ2n) is 4.79. The van der Waals surface area contributed by atoms with E-state index >= 15 is 0 Å². The van der Waals surface area contributed by atoms with Crippen molar-refractivity contribution in [3.63, 3.8) is 0 Å². The molecular formula is C15H23NO2. The average molecular weight is 249 g/mol. The van der Waals surface area contributed by atoms with E-state index in [2.05, 4.69) is 18.3 Å². The van der Waals surface area contributed by atoms with Gasteiger partial charge < -0.3 is 14.8 Å². The van der Waals surface area contributed by atoms with E-state index in [4.69, 9.17) is 9.47 Å². The molecule has 100 valence electrons. The van der Waals surface area contributed by atoms with Crippen LogP contribution >= 0.6 is 0 Å². The summed E-state index contributed by atoms with van der Waals surface area (Å²) < 4.78 is 10.9. The van der Waals surface area contributed by atoms with Gasteiger partial charge in [0.25, 0.3) is 0 Å². The minimum atomic E-state index is 0.581. The summed E-state index contributed by atoms with van der Waals surface area (Å²) in [5.74, 6) is 2.43. The molecule has 18 heavy (non-hydrogen) atoms. The first-order chi connectivity index (χ1) is 8.80. The Kier molecular flexibility index (Phi) is 4.48. The van der Waals surface area contributed by atoms with Crippen LogP contribution in [0.25, 0.3) is 0 Å². The summed E-state index contributed by atoms with van der Waals surface area (Å²) in [7, 11) is 3.44. The number of rotatable bonds is 4. The molecule has 0 aromatic heterocycles. The third-order valence-corrected chi connectivity index (χ3v) is 3.76. The second kappa shape index (κ2) is 6.10. The van der Waals surface area contributed by atoms with Gasteiger partial charge in [-0.1, -0.05) is 6.92 Å². The summed E-state index contributed by atoms with van der Waals surface area (Å²) in [5, 5.41) is 3.48. The van der Waals surface area contributed by atoms with Gasteiger partial charge in [-0.15, -0.1) is 0 Å². The molecule has 3 heteroatoms. The van der Waals surface area contributed by atoms with E-state index in [-0.39, 0.29) is 0 Å². The maximum Gasteiger partial charge on any atom is 0.126 e. The van der Waals surface area contributed by atoms with Gasteiger partial charge in [0.15, 0.2) is 0 Å². The van der Waals surface area contributed by atoms with Gasteiger partial charge in [0.1, 0.15) is 11.5 Å². The van der Waals surface area contributed by atoms with Crippen molar-refractivity contribution in [3.8, 4) is 11.5 Å². The van der Waals surface area contributed by atoms with Crippen molar-refractivity contribution < 1.29 is 9.47 Å². The van der Waals surface area contributed by atoms with Crippen LogP contribution in [0.5, 0.6) is 11.5 Å². The van der Waals surface area contributed by atoms with Gasteiger partial charge in [-0.3, -0.25) is 0 Å². The van der Waals surface area contributed by atoms with Crippen molar-refractivity contribution >= 4 is 0 Å². The Balaban J connectivity index is 2.41. The van der Waals surface area contributed by atoms with Crippen LogP contribution in [0, 0.1) is 0 Å². The molecule has 0 spiro atoms. The highest BCUT2D eigenvalue weighted by Crippen LogP contribution is 2.35. The summed E-state index contributed by atoms with van der Waals surface area (Å²) in [6, 6.07) is 4.16. The number of methoxy groups -OCH3 is 2. The number of nitrogens with one attached hydrogen (secondary N) is 1. The van der Waals surface area contributed by atoms with Crippen LogP contribution in [-0.2, 0) is 6.42 Å². The predicted octanol–water partition coefficient (Wildman–Crippen LogP) is 2.73. The van der Waals surface area contributed by atoms with Crippen LogP contribution < -0.4 is 14.8 Å². The molecule has 1 aromatic rings. The van der Waals surface area contributed by atoms with Gasteiger partial charge in [-0.25, -0.2) is 0 Å². The first-order valence-electron chi connectivity index (χ1n) is 6.75. The number of piperidine rings is 1. The van der Waals surface area contributed by atoms with Crippen molar-refractivity contribution in [2.45, 2.75) is 32.1 Å². The molecular weight excluding hydrogens is 226 g/mol. The fourth-order valence-electron chi connectivity index (χ4n) is 2.80. The number of hydrogen-bond donors (Lipinski definition) is 1. The van der Waals surface area contributed by atoms with Crippen molar-refractivity contribution in [2.24, 2.45) is 0 Å². The third-order valence-electron chi connectivity index (χ3n) is 3.76. The first-order valence-corrected chi connectivity index (χ1v) is 6.75. The van der Waals surface area contributed by atoms with E-state index in [0.717, 1.165) is 31.0 Å². The maximum absolute atomic E-state index is 5.51. The Morgan fingerprint density at radius 3 is 2.67 bits per heavy atom. The van der Waals surface area contributed by atoms with Crippen molar-refractivity contribution in [2.75, 3.05) is 27.3 Å². The van der Waals surface area contributed by atoms with Crippen LogP contribution in [0.15, 0.2) is 12.1 Å². The summed E-state index contributed by atoms with van der Waals surface area (Å²) in [4.78, 5) is 0. The summed E-state index contributed by atoms with van der Waals surface area (Å²) in [5.41, 5.74) is 2.72. The molecule has 1 atom stereocenters. The van der Waals surface area contributed by atoms with E-state index in [0.29, 0.717) is 5.92 Å². The number of ether oxygens (including phenoxy) is 2. The second-order valence-corrected chi connectivity index (χ2v) is 4.79. The lowest BCUT2D eigenvalue weighted by atomic mass is 9.87. The summed E-state index contributed by atoms with van der Waals surface area (Å²) in [6.45, 7) is 4.38. The smallest absolute Gasteiger partial charge is 0.126 e. The maximum atomic E-state index is 5.51. The summed E-state index contributed by atoms with van der Waals surface area (Å²) >= 11 is 0. The quantitative estimate of drug-likeness (QED) is 0.890. The Morgan fingerprint density at radius 2 is 2.11 bits per heavy atom. The highest BCUT2D eigenvalue weighted by atomic mass is 16.5. The molecule has 1 aromatic carbocycles. The Hall–Kier alpha value is -1.22. The molecule has 1 saturated heterocycles. The lowest BCUT2D eigenvalue weighted by Gasteiger charge is -2.26. The molecule has 1 fully saturated rings. The van der Waals surface area contributed by atoms with E-state index in [1.165, 1.54) is 24.0 Å². The molecule has 1 heterocycles. The largest absolute Gasteiger partial charge is 0.497 e. The molecule has 1 aliphatic heterocycles. The Morgan fingerprint density at radius 1 is 1.28 bits per heavy atom. The van der Waals surface area contributed by atoms with Gasteiger partial charge in [0.05, 0.1) is 14.2 Å². The monoisotopic (exact) mass is 249 g/mol. The van der Waals surface area contributed by atoms with Crippen LogP contribution in [0.3, 0.4) is 0 Å². The van der Waals surface area contributed by atoms with Gasteiger partial charge >= 0.3 is 0 Å². The predicted molar refractivity (Wildman–Crippen MR) is 73.8 cm³/mol. The van der Waals surface area contributed by atoms with Gasteiger partial charge in [-0.2, -0.15) is 0 Å². The zero-order valence-electron chi connectivity index (χ0n) is 11.6. The van der Waals surface area contributed by atoms with Crippen molar-refractivity contribution in [3.05, 3.63) is 23.3 Å². The van der Waals surface area contributed by atoms with Gasteiger partial charge in [-0.05, 0) is 48.9 Å². The first kappa shape index (κ1) is 13.2. The third kappa shape index (κ3) is 2.61. The zero-order chi connectivity index (χ0) is 13.0. The minimum Gasteiger partial charge on any atom is -0.497 e. The molecule has 1 N–H and O–H groups in total. The van der Waals surface area contributed by atoms with Crippen LogP contribution in [0.4, 0.5) is 0 Å². The SMILES string of the molecule is CCc1c(OC)cc(OC)cc1C1CCCNC1. The van der Waals surface area contributed by atoms with E-state index in [1.807, 2.05) is 6.07 Å². The van der Waals surface area contributed by atoms with Crippen LogP contribution in [0.1, 0.15) is 36.8 Å². The average Bonchev–Trinajstić information content (AvgIpc) is 2.46. The van der Waals surface area contributed by atoms with Gasteiger partial charge in [0, 0.05) is 12.6 Å². The fourth-order valence-corrected chi connectivity index (χ4v) is 2.80. The molecule has 3 nitrogen and oxygen atoms in total. The Bertz CT molecular complexity index is 398. The van der Waals surface area contributed by atoms with Crippen LogP contribution in [-0.4, -0.2) is 27.3 Å². The van der Waals surface area contributed by atoms with E-state index < -0.39 is 0 Å². The number of benzene rings is 1. The lowest BCUT2D eigenvalue weighted by Crippen LogP contribution is -2.29. The molecule has 0 bridgehead atoms.